The summed E-state index contributed by atoms with van der Waals surface area (Å²) in [6, 6.07) is 0. The van der Waals surface area contributed by atoms with Gasteiger partial charge in [-0.1, -0.05) is 13.8 Å². The molecule has 0 radical (unpaired) electrons. The number of aliphatic hydroxyl groups is 1. The number of hydrogen-bond acceptors (Lipinski definition) is 3. The molecule has 2 aliphatic heterocycles. The first kappa shape index (κ1) is 14.3. The van der Waals surface area contributed by atoms with Crippen LogP contribution in [0.3, 0.4) is 0 Å². The van der Waals surface area contributed by atoms with E-state index in [1.165, 1.54) is 58.4 Å². The predicted molar refractivity (Wildman–Crippen MR) is 75.7 cm³/mol. The summed E-state index contributed by atoms with van der Waals surface area (Å²) < 4.78 is 0. The van der Waals surface area contributed by atoms with Gasteiger partial charge in [-0.2, -0.15) is 0 Å². The molecule has 3 nitrogen and oxygen atoms in total. The van der Waals surface area contributed by atoms with Crippen LogP contribution in [0.4, 0.5) is 0 Å². The third-order valence-corrected chi connectivity index (χ3v) is 4.85. The molecule has 2 saturated heterocycles. The Hall–Kier alpha value is -0.120. The molecule has 2 fully saturated rings. The first-order chi connectivity index (χ1) is 8.61. The van der Waals surface area contributed by atoms with Gasteiger partial charge in [-0.25, -0.2) is 0 Å². The lowest BCUT2D eigenvalue weighted by atomic mass is 9.83. The summed E-state index contributed by atoms with van der Waals surface area (Å²) in [5.74, 6) is 0.925. The van der Waals surface area contributed by atoms with Gasteiger partial charge in [0.1, 0.15) is 0 Å². The van der Waals surface area contributed by atoms with E-state index in [1.54, 1.807) is 0 Å². The second-order valence-electron chi connectivity index (χ2n) is 6.87. The zero-order valence-electron chi connectivity index (χ0n) is 12.2. The molecule has 0 aliphatic carbocycles. The molecular weight excluding hydrogens is 224 g/mol. The molecule has 0 aromatic carbocycles. The minimum Gasteiger partial charge on any atom is -0.396 e. The quantitative estimate of drug-likeness (QED) is 0.829. The Morgan fingerprint density at radius 3 is 2.44 bits per heavy atom. The van der Waals surface area contributed by atoms with Crippen molar-refractivity contribution in [2.24, 2.45) is 11.3 Å². The van der Waals surface area contributed by atoms with Gasteiger partial charge in [0.2, 0.25) is 0 Å². The van der Waals surface area contributed by atoms with E-state index in [4.69, 9.17) is 0 Å². The zero-order valence-corrected chi connectivity index (χ0v) is 12.2. The molecule has 2 aliphatic rings. The lowest BCUT2D eigenvalue weighted by molar-refractivity contribution is 0.0398. The van der Waals surface area contributed by atoms with Gasteiger partial charge in [-0.05, 0) is 51.2 Å². The van der Waals surface area contributed by atoms with E-state index < -0.39 is 0 Å². The molecule has 3 heteroatoms. The van der Waals surface area contributed by atoms with E-state index in [-0.39, 0.29) is 5.41 Å². The van der Waals surface area contributed by atoms with Crippen LogP contribution in [0.2, 0.25) is 0 Å². The number of likely N-dealkylation sites (tertiary alicyclic amines) is 2. The van der Waals surface area contributed by atoms with Crippen LogP contribution in [0.5, 0.6) is 0 Å². The summed E-state index contributed by atoms with van der Waals surface area (Å²) in [5.41, 5.74) is 0.147. The molecular formula is C15H30N2O. The monoisotopic (exact) mass is 254 g/mol. The van der Waals surface area contributed by atoms with E-state index in [9.17, 15) is 5.11 Å². The van der Waals surface area contributed by atoms with Crippen molar-refractivity contribution in [1.29, 1.82) is 0 Å². The Labute approximate surface area is 112 Å². The molecule has 1 unspecified atom stereocenters. The molecule has 2 heterocycles. The average Bonchev–Trinajstić information content (AvgIpc) is 2.38. The lowest BCUT2D eigenvalue weighted by Crippen LogP contribution is -2.47. The molecule has 0 aromatic heterocycles. The smallest absolute Gasteiger partial charge is 0.0497 e. The van der Waals surface area contributed by atoms with Crippen molar-refractivity contribution in [3.8, 4) is 0 Å². The predicted octanol–water partition coefficient (Wildman–Crippen LogP) is 1.81. The maximum absolute atomic E-state index is 9.48. The summed E-state index contributed by atoms with van der Waals surface area (Å²) in [6.07, 6.45) is 5.16. The summed E-state index contributed by atoms with van der Waals surface area (Å²) in [7, 11) is 0. The second kappa shape index (κ2) is 6.36. The summed E-state index contributed by atoms with van der Waals surface area (Å²) in [4.78, 5) is 5.17. The van der Waals surface area contributed by atoms with Crippen LogP contribution < -0.4 is 0 Å². The van der Waals surface area contributed by atoms with Crippen LogP contribution in [0.1, 0.15) is 39.5 Å². The fourth-order valence-corrected chi connectivity index (χ4v) is 3.32. The first-order valence-electron chi connectivity index (χ1n) is 7.67. The van der Waals surface area contributed by atoms with Crippen LogP contribution in [0, 0.1) is 11.3 Å². The molecule has 106 valence electrons. The lowest BCUT2D eigenvalue weighted by Gasteiger charge is -2.40. The normalized spacial score (nSPS) is 32.8. The Morgan fingerprint density at radius 2 is 1.78 bits per heavy atom. The van der Waals surface area contributed by atoms with Gasteiger partial charge >= 0.3 is 0 Å². The minimum absolute atomic E-state index is 0.147. The first-order valence-corrected chi connectivity index (χ1v) is 7.67. The Balaban J connectivity index is 1.70. The van der Waals surface area contributed by atoms with Gasteiger partial charge in [0.05, 0.1) is 0 Å². The van der Waals surface area contributed by atoms with Crippen molar-refractivity contribution >= 4 is 0 Å². The number of rotatable bonds is 4. The van der Waals surface area contributed by atoms with Gasteiger partial charge < -0.3 is 14.9 Å². The number of piperidine rings is 2. The molecule has 0 bridgehead atoms. The Kier molecular flexibility index (Phi) is 5.05. The van der Waals surface area contributed by atoms with Crippen LogP contribution in [0.15, 0.2) is 0 Å². The molecule has 0 amide bonds. The van der Waals surface area contributed by atoms with Crippen LogP contribution in [-0.4, -0.2) is 60.8 Å². The SMILES string of the molecule is CC1CCN(CCN2CCCC(C)(CO)C2)CC1. The fraction of sp³-hybridized carbons (Fsp3) is 1.00. The molecule has 0 aromatic rings. The van der Waals surface area contributed by atoms with Gasteiger partial charge in [-0.3, -0.25) is 0 Å². The number of aliphatic hydroxyl groups excluding tert-OH is 1. The van der Waals surface area contributed by atoms with E-state index in [0.29, 0.717) is 6.61 Å². The molecule has 0 spiro atoms. The minimum atomic E-state index is 0.147. The van der Waals surface area contributed by atoms with Crippen LogP contribution >= 0.6 is 0 Å². The summed E-state index contributed by atoms with van der Waals surface area (Å²) >= 11 is 0. The van der Waals surface area contributed by atoms with E-state index >= 15 is 0 Å². The maximum Gasteiger partial charge on any atom is 0.0497 e. The Bertz CT molecular complexity index is 251. The van der Waals surface area contributed by atoms with E-state index in [0.717, 1.165) is 12.5 Å². The number of nitrogens with zero attached hydrogens (tertiary/aromatic N) is 2. The van der Waals surface area contributed by atoms with Crippen LogP contribution in [0.25, 0.3) is 0 Å². The zero-order chi connectivity index (χ0) is 13.0. The maximum atomic E-state index is 9.48. The highest BCUT2D eigenvalue weighted by atomic mass is 16.3. The van der Waals surface area contributed by atoms with E-state index in [2.05, 4.69) is 23.6 Å². The van der Waals surface area contributed by atoms with Gasteiger partial charge in [0.25, 0.3) is 0 Å². The van der Waals surface area contributed by atoms with Gasteiger partial charge in [0.15, 0.2) is 0 Å². The van der Waals surface area contributed by atoms with Crippen molar-refractivity contribution in [3.63, 3.8) is 0 Å². The highest BCUT2D eigenvalue weighted by Gasteiger charge is 2.30. The van der Waals surface area contributed by atoms with Crippen molar-refractivity contribution < 1.29 is 5.11 Å². The number of hydrogen-bond donors (Lipinski definition) is 1. The Morgan fingerprint density at radius 1 is 1.11 bits per heavy atom. The molecule has 1 N–H and O–H groups in total. The highest BCUT2D eigenvalue weighted by Crippen LogP contribution is 2.28. The van der Waals surface area contributed by atoms with Crippen molar-refractivity contribution in [1.82, 2.24) is 9.80 Å². The van der Waals surface area contributed by atoms with Crippen LogP contribution in [-0.2, 0) is 0 Å². The topological polar surface area (TPSA) is 26.7 Å². The van der Waals surface area contributed by atoms with Crippen molar-refractivity contribution in [2.45, 2.75) is 39.5 Å². The van der Waals surface area contributed by atoms with Gasteiger partial charge in [-0.15, -0.1) is 0 Å². The van der Waals surface area contributed by atoms with Crippen molar-refractivity contribution in [3.05, 3.63) is 0 Å². The highest BCUT2D eigenvalue weighted by molar-refractivity contribution is 4.83. The molecule has 2 rings (SSSR count). The van der Waals surface area contributed by atoms with E-state index in [1.807, 2.05) is 0 Å². The summed E-state index contributed by atoms with van der Waals surface area (Å²) in [6.45, 7) is 12.2. The molecule has 1 atom stereocenters. The third-order valence-electron chi connectivity index (χ3n) is 4.85. The van der Waals surface area contributed by atoms with Gasteiger partial charge in [0, 0.05) is 31.7 Å². The second-order valence-corrected chi connectivity index (χ2v) is 6.87. The molecule has 0 saturated carbocycles. The van der Waals surface area contributed by atoms with Crippen molar-refractivity contribution in [2.75, 3.05) is 45.9 Å². The largest absolute Gasteiger partial charge is 0.396 e. The average molecular weight is 254 g/mol. The third kappa shape index (κ3) is 3.94. The fourth-order valence-electron chi connectivity index (χ4n) is 3.32. The molecule has 18 heavy (non-hydrogen) atoms. The summed E-state index contributed by atoms with van der Waals surface area (Å²) in [5, 5.41) is 9.48. The standard InChI is InChI=1S/C15H30N2O/c1-14-4-8-16(9-5-14)10-11-17-7-3-6-15(2,12-17)13-18/h14,18H,3-13H2,1-2H3.